The molecule has 0 spiro atoms. The second-order valence-corrected chi connectivity index (χ2v) is 4.82. The van der Waals surface area contributed by atoms with Crippen molar-refractivity contribution in [1.82, 2.24) is 9.97 Å². The van der Waals surface area contributed by atoms with Crippen LogP contribution in [0.2, 0.25) is 10.3 Å². The van der Waals surface area contributed by atoms with Gasteiger partial charge in [-0.2, -0.15) is 0 Å². The predicted molar refractivity (Wildman–Crippen MR) is 84.9 cm³/mol. The van der Waals surface area contributed by atoms with Crippen molar-refractivity contribution in [2.24, 2.45) is 0 Å². The first-order chi connectivity index (χ1) is 10.6. The standard InChI is InChI=1S/C15H12Cl2N2O3/c1-21-12(20)9-22-13-14(16)18-11(19-15(13)17)8-7-10-5-3-2-4-6-10/h2-8H,9H2,1H3/b8-7+. The molecule has 0 unspecified atom stereocenters. The monoisotopic (exact) mass is 338 g/mol. The number of carbonyl (C=O) groups is 1. The smallest absolute Gasteiger partial charge is 0.343 e. The Balaban J connectivity index is 2.15. The van der Waals surface area contributed by atoms with Gasteiger partial charge < -0.3 is 9.47 Å². The maximum atomic E-state index is 11.0. The molecule has 114 valence electrons. The van der Waals surface area contributed by atoms with Crippen LogP contribution in [0, 0.1) is 0 Å². The summed E-state index contributed by atoms with van der Waals surface area (Å²) in [5.74, 6) is -0.171. The van der Waals surface area contributed by atoms with E-state index in [9.17, 15) is 4.79 Å². The third kappa shape index (κ3) is 4.44. The number of ether oxygens (including phenoxy) is 2. The van der Waals surface area contributed by atoms with Crippen LogP contribution in [-0.4, -0.2) is 29.7 Å². The van der Waals surface area contributed by atoms with E-state index in [-0.39, 0.29) is 22.7 Å². The summed E-state index contributed by atoms with van der Waals surface area (Å²) in [5.41, 5.74) is 0.990. The van der Waals surface area contributed by atoms with E-state index in [1.165, 1.54) is 7.11 Å². The number of nitrogens with zero attached hydrogens (tertiary/aromatic N) is 2. The van der Waals surface area contributed by atoms with Crippen LogP contribution in [-0.2, 0) is 9.53 Å². The lowest BCUT2D eigenvalue weighted by Gasteiger charge is -2.08. The summed E-state index contributed by atoms with van der Waals surface area (Å²) >= 11 is 12.0. The predicted octanol–water partition coefficient (Wildman–Crippen LogP) is 3.51. The Morgan fingerprint density at radius 2 is 1.77 bits per heavy atom. The van der Waals surface area contributed by atoms with Crippen LogP contribution < -0.4 is 4.74 Å². The molecule has 5 nitrogen and oxygen atoms in total. The largest absolute Gasteiger partial charge is 0.475 e. The first kappa shape index (κ1) is 16.3. The van der Waals surface area contributed by atoms with E-state index in [1.54, 1.807) is 6.08 Å². The van der Waals surface area contributed by atoms with Crippen molar-refractivity contribution < 1.29 is 14.3 Å². The lowest BCUT2D eigenvalue weighted by Crippen LogP contribution is -2.13. The molecule has 2 aromatic rings. The van der Waals surface area contributed by atoms with Gasteiger partial charge in [0.25, 0.3) is 0 Å². The van der Waals surface area contributed by atoms with Gasteiger partial charge in [-0.25, -0.2) is 14.8 Å². The van der Waals surface area contributed by atoms with Crippen LogP contribution in [0.4, 0.5) is 0 Å². The molecule has 0 radical (unpaired) electrons. The number of esters is 1. The molecule has 1 aromatic heterocycles. The van der Waals surface area contributed by atoms with Gasteiger partial charge in [0, 0.05) is 0 Å². The maximum Gasteiger partial charge on any atom is 0.343 e. The number of halogens is 2. The van der Waals surface area contributed by atoms with E-state index < -0.39 is 5.97 Å². The fraction of sp³-hybridized carbons (Fsp3) is 0.133. The Kier molecular flexibility index (Phi) is 5.75. The Hall–Kier alpha value is -2.11. The molecular formula is C15H12Cl2N2O3. The number of hydrogen-bond donors (Lipinski definition) is 0. The van der Waals surface area contributed by atoms with E-state index in [1.807, 2.05) is 36.4 Å². The molecule has 0 aliphatic carbocycles. The minimum Gasteiger partial charge on any atom is -0.475 e. The van der Waals surface area contributed by atoms with Crippen LogP contribution >= 0.6 is 23.2 Å². The van der Waals surface area contributed by atoms with Gasteiger partial charge in [-0.05, 0) is 11.6 Å². The minimum absolute atomic E-state index is 0.0246. The Morgan fingerprint density at radius 1 is 1.14 bits per heavy atom. The van der Waals surface area contributed by atoms with Crippen molar-refractivity contribution >= 4 is 41.3 Å². The third-order valence-corrected chi connectivity index (χ3v) is 3.10. The zero-order chi connectivity index (χ0) is 15.9. The molecule has 1 heterocycles. The number of rotatable bonds is 5. The summed E-state index contributed by atoms with van der Waals surface area (Å²) in [6.45, 7) is -0.321. The molecule has 0 fully saturated rings. The van der Waals surface area contributed by atoms with Crippen LogP contribution in [0.1, 0.15) is 11.4 Å². The van der Waals surface area contributed by atoms with Gasteiger partial charge in [-0.3, -0.25) is 0 Å². The van der Waals surface area contributed by atoms with Crippen molar-refractivity contribution in [2.45, 2.75) is 0 Å². The zero-order valence-corrected chi connectivity index (χ0v) is 13.1. The molecule has 0 N–H and O–H groups in total. The molecule has 1 aromatic carbocycles. The van der Waals surface area contributed by atoms with Crippen LogP contribution in [0.25, 0.3) is 12.2 Å². The zero-order valence-electron chi connectivity index (χ0n) is 11.6. The topological polar surface area (TPSA) is 61.3 Å². The first-order valence-electron chi connectivity index (χ1n) is 6.26. The van der Waals surface area contributed by atoms with Gasteiger partial charge >= 0.3 is 5.97 Å². The van der Waals surface area contributed by atoms with E-state index in [2.05, 4.69) is 14.7 Å². The quantitative estimate of drug-likeness (QED) is 0.616. The summed E-state index contributed by atoms with van der Waals surface area (Å²) in [6, 6.07) is 9.64. The average Bonchev–Trinajstić information content (AvgIpc) is 2.52. The molecule has 0 amide bonds. The lowest BCUT2D eigenvalue weighted by atomic mass is 10.2. The Bertz CT molecular complexity index is 667. The van der Waals surface area contributed by atoms with Crippen molar-refractivity contribution in [2.75, 3.05) is 13.7 Å². The molecule has 7 heteroatoms. The molecule has 0 aliphatic rings. The Morgan fingerprint density at radius 3 is 2.36 bits per heavy atom. The highest BCUT2D eigenvalue weighted by molar-refractivity contribution is 6.35. The van der Waals surface area contributed by atoms with E-state index in [0.29, 0.717) is 5.82 Å². The molecule has 0 atom stereocenters. The van der Waals surface area contributed by atoms with Gasteiger partial charge in [0.2, 0.25) is 0 Å². The molecule has 0 saturated carbocycles. The number of benzene rings is 1. The summed E-state index contributed by atoms with van der Waals surface area (Å²) in [6.07, 6.45) is 3.51. The first-order valence-corrected chi connectivity index (χ1v) is 7.01. The van der Waals surface area contributed by atoms with E-state index in [0.717, 1.165) is 5.56 Å². The number of carbonyl (C=O) groups excluding carboxylic acids is 1. The number of methoxy groups -OCH3 is 1. The fourth-order valence-electron chi connectivity index (χ4n) is 1.53. The molecular weight excluding hydrogens is 327 g/mol. The summed E-state index contributed by atoms with van der Waals surface area (Å²) < 4.78 is 9.61. The summed E-state index contributed by atoms with van der Waals surface area (Å²) in [4.78, 5) is 19.2. The van der Waals surface area contributed by atoms with Gasteiger partial charge in [-0.1, -0.05) is 59.6 Å². The highest BCUT2D eigenvalue weighted by atomic mass is 35.5. The SMILES string of the molecule is COC(=O)COc1c(Cl)nc(/C=C/c2ccccc2)nc1Cl. The fourth-order valence-corrected chi connectivity index (χ4v) is 2.04. The molecule has 22 heavy (non-hydrogen) atoms. The van der Waals surface area contributed by atoms with Crippen LogP contribution in [0.3, 0.4) is 0 Å². The molecule has 0 saturated heterocycles. The second kappa shape index (κ2) is 7.77. The van der Waals surface area contributed by atoms with Crippen LogP contribution in [0.5, 0.6) is 5.75 Å². The van der Waals surface area contributed by atoms with E-state index >= 15 is 0 Å². The van der Waals surface area contributed by atoms with Crippen molar-refractivity contribution in [1.29, 1.82) is 0 Å². The lowest BCUT2D eigenvalue weighted by molar-refractivity contribution is -0.142. The van der Waals surface area contributed by atoms with Crippen molar-refractivity contribution in [3.63, 3.8) is 0 Å². The van der Waals surface area contributed by atoms with Gasteiger partial charge in [0.1, 0.15) is 0 Å². The number of hydrogen-bond acceptors (Lipinski definition) is 5. The van der Waals surface area contributed by atoms with Crippen molar-refractivity contribution in [3.8, 4) is 5.75 Å². The van der Waals surface area contributed by atoms with Gasteiger partial charge in [-0.15, -0.1) is 0 Å². The molecule has 0 aliphatic heterocycles. The second-order valence-electron chi connectivity index (χ2n) is 4.10. The minimum atomic E-state index is -0.555. The third-order valence-electron chi connectivity index (χ3n) is 2.59. The summed E-state index contributed by atoms with van der Waals surface area (Å²) in [5, 5.41) is 0.0493. The number of aromatic nitrogens is 2. The average molecular weight is 339 g/mol. The highest BCUT2D eigenvalue weighted by Gasteiger charge is 2.14. The van der Waals surface area contributed by atoms with E-state index in [4.69, 9.17) is 27.9 Å². The maximum absolute atomic E-state index is 11.0. The van der Waals surface area contributed by atoms with Gasteiger partial charge in [0.15, 0.2) is 28.5 Å². The summed E-state index contributed by atoms with van der Waals surface area (Å²) in [7, 11) is 1.25. The van der Waals surface area contributed by atoms with Crippen LogP contribution in [0.15, 0.2) is 30.3 Å². The normalized spacial score (nSPS) is 10.7. The highest BCUT2D eigenvalue weighted by Crippen LogP contribution is 2.30. The Labute approximate surface area is 137 Å². The molecule has 0 bridgehead atoms. The van der Waals surface area contributed by atoms with Gasteiger partial charge in [0.05, 0.1) is 7.11 Å². The molecule has 2 rings (SSSR count). The van der Waals surface area contributed by atoms with Crippen molar-refractivity contribution in [3.05, 3.63) is 52.0 Å².